The number of rotatable bonds is 1. The number of ether oxygens (including phenoxy) is 2. The summed E-state index contributed by atoms with van der Waals surface area (Å²) in [6.07, 6.45) is 5.33. The monoisotopic (exact) mass is 128 g/mol. The van der Waals surface area contributed by atoms with Gasteiger partial charge in [0.05, 0.1) is 0 Å². The first kappa shape index (κ1) is 5.69. The number of fused-ring (bicyclic) bond motifs is 1. The van der Waals surface area contributed by atoms with Gasteiger partial charge in [0, 0.05) is 13.5 Å². The quantitative estimate of drug-likeness (QED) is 0.496. The Labute approximate surface area is 55.1 Å². The van der Waals surface area contributed by atoms with Crippen LogP contribution in [0, 0.1) is 0 Å². The van der Waals surface area contributed by atoms with E-state index in [0.717, 1.165) is 6.42 Å². The maximum absolute atomic E-state index is 5.39. The van der Waals surface area contributed by atoms with E-state index in [9.17, 15) is 0 Å². The van der Waals surface area contributed by atoms with Crippen LogP contribution in [-0.4, -0.2) is 19.0 Å². The summed E-state index contributed by atoms with van der Waals surface area (Å²) in [7, 11) is 1.74. The Bertz CT molecular complexity index is 124. The second-order valence-electron chi connectivity index (χ2n) is 2.87. The lowest BCUT2D eigenvalue weighted by atomic mass is 9.98. The standard InChI is InChI=1S/C7H12O2/c1-8-7-5-3-2-4-6(7)9-7/h6H,2-5H2,1H3. The molecule has 1 heterocycles. The van der Waals surface area contributed by atoms with Crippen molar-refractivity contribution in [1.82, 2.24) is 0 Å². The Balaban J connectivity index is 2.01. The number of hydrogen-bond donors (Lipinski definition) is 0. The summed E-state index contributed by atoms with van der Waals surface area (Å²) < 4.78 is 10.6. The first-order valence-electron chi connectivity index (χ1n) is 3.60. The van der Waals surface area contributed by atoms with Crippen LogP contribution in [0.1, 0.15) is 25.7 Å². The minimum Gasteiger partial charge on any atom is -0.351 e. The van der Waals surface area contributed by atoms with E-state index in [1.165, 1.54) is 19.3 Å². The molecule has 0 N–H and O–H groups in total. The molecule has 1 saturated heterocycles. The van der Waals surface area contributed by atoms with Crippen molar-refractivity contribution in [3.05, 3.63) is 0 Å². The summed E-state index contributed by atoms with van der Waals surface area (Å²) in [6, 6.07) is 0. The highest BCUT2D eigenvalue weighted by Crippen LogP contribution is 2.47. The molecule has 9 heavy (non-hydrogen) atoms. The molecule has 2 heteroatoms. The summed E-state index contributed by atoms with van der Waals surface area (Å²) in [5.74, 6) is -0.113. The third kappa shape index (κ3) is 0.700. The molecule has 52 valence electrons. The lowest BCUT2D eigenvalue weighted by molar-refractivity contribution is -0.0197. The maximum Gasteiger partial charge on any atom is 0.195 e. The van der Waals surface area contributed by atoms with Crippen molar-refractivity contribution in [2.75, 3.05) is 7.11 Å². The highest BCUT2D eigenvalue weighted by Gasteiger charge is 2.57. The zero-order valence-corrected chi connectivity index (χ0v) is 5.72. The van der Waals surface area contributed by atoms with Crippen molar-refractivity contribution in [2.24, 2.45) is 0 Å². The van der Waals surface area contributed by atoms with Crippen molar-refractivity contribution in [3.63, 3.8) is 0 Å². The molecule has 0 spiro atoms. The van der Waals surface area contributed by atoms with Crippen LogP contribution in [0.25, 0.3) is 0 Å². The van der Waals surface area contributed by atoms with Crippen molar-refractivity contribution in [2.45, 2.75) is 37.6 Å². The lowest BCUT2D eigenvalue weighted by Gasteiger charge is -2.14. The van der Waals surface area contributed by atoms with E-state index >= 15 is 0 Å². The third-order valence-corrected chi connectivity index (χ3v) is 2.36. The molecule has 0 amide bonds. The second kappa shape index (κ2) is 1.70. The van der Waals surface area contributed by atoms with Crippen molar-refractivity contribution >= 4 is 0 Å². The van der Waals surface area contributed by atoms with E-state index in [-0.39, 0.29) is 5.79 Å². The third-order valence-electron chi connectivity index (χ3n) is 2.36. The van der Waals surface area contributed by atoms with Crippen molar-refractivity contribution in [3.8, 4) is 0 Å². The smallest absolute Gasteiger partial charge is 0.195 e. The molecular weight excluding hydrogens is 116 g/mol. The van der Waals surface area contributed by atoms with Crippen molar-refractivity contribution in [1.29, 1.82) is 0 Å². The van der Waals surface area contributed by atoms with E-state index in [0.29, 0.717) is 6.10 Å². The van der Waals surface area contributed by atoms with Crippen LogP contribution < -0.4 is 0 Å². The topological polar surface area (TPSA) is 21.8 Å². The zero-order chi connectivity index (χ0) is 6.32. The van der Waals surface area contributed by atoms with E-state index in [1.54, 1.807) is 7.11 Å². The van der Waals surface area contributed by atoms with Gasteiger partial charge in [-0.3, -0.25) is 0 Å². The maximum atomic E-state index is 5.39. The largest absolute Gasteiger partial charge is 0.351 e. The summed E-state index contributed by atoms with van der Waals surface area (Å²) in [5, 5.41) is 0. The van der Waals surface area contributed by atoms with Gasteiger partial charge in [-0.05, 0) is 12.8 Å². The molecule has 1 aliphatic carbocycles. The average Bonchev–Trinajstić information content (AvgIpc) is 2.62. The molecule has 0 aromatic heterocycles. The van der Waals surface area contributed by atoms with Gasteiger partial charge in [0.1, 0.15) is 6.10 Å². The molecule has 2 aliphatic rings. The predicted molar refractivity (Wildman–Crippen MR) is 33.1 cm³/mol. The zero-order valence-electron chi connectivity index (χ0n) is 5.72. The molecule has 1 aliphatic heterocycles. The van der Waals surface area contributed by atoms with Gasteiger partial charge in [-0.2, -0.15) is 0 Å². The summed E-state index contributed by atoms with van der Waals surface area (Å²) in [4.78, 5) is 0. The minimum atomic E-state index is -0.113. The van der Waals surface area contributed by atoms with Gasteiger partial charge in [0.15, 0.2) is 5.79 Å². The van der Waals surface area contributed by atoms with Crippen LogP contribution in [0.5, 0.6) is 0 Å². The van der Waals surface area contributed by atoms with Gasteiger partial charge >= 0.3 is 0 Å². The Kier molecular flexibility index (Phi) is 1.08. The molecule has 2 rings (SSSR count). The van der Waals surface area contributed by atoms with Crippen LogP contribution in [0.3, 0.4) is 0 Å². The SMILES string of the molecule is COC12CCCCC1O2. The number of epoxide rings is 1. The first-order chi connectivity index (χ1) is 4.37. The van der Waals surface area contributed by atoms with Gasteiger partial charge in [0.2, 0.25) is 0 Å². The van der Waals surface area contributed by atoms with E-state index in [1.807, 2.05) is 0 Å². The van der Waals surface area contributed by atoms with Gasteiger partial charge in [-0.15, -0.1) is 0 Å². The molecule has 2 unspecified atom stereocenters. The summed E-state index contributed by atoms with van der Waals surface area (Å²) >= 11 is 0. The minimum absolute atomic E-state index is 0.113. The first-order valence-corrected chi connectivity index (χ1v) is 3.60. The fourth-order valence-electron chi connectivity index (χ4n) is 1.69. The van der Waals surface area contributed by atoms with Crippen LogP contribution in [0.15, 0.2) is 0 Å². The summed E-state index contributed by atoms with van der Waals surface area (Å²) in [6.45, 7) is 0. The van der Waals surface area contributed by atoms with Gasteiger partial charge in [-0.25, -0.2) is 0 Å². The molecule has 1 saturated carbocycles. The average molecular weight is 128 g/mol. The van der Waals surface area contributed by atoms with Crippen LogP contribution in [0.4, 0.5) is 0 Å². The second-order valence-corrected chi connectivity index (χ2v) is 2.87. The van der Waals surface area contributed by atoms with Gasteiger partial charge < -0.3 is 9.47 Å². The molecule has 2 nitrogen and oxygen atoms in total. The van der Waals surface area contributed by atoms with E-state index < -0.39 is 0 Å². The van der Waals surface area contributed by atoms with Crippen molar-refractivity contribution < 1.29 is 9.47 Å². The van der Waals surface area contributed by atoms with Gasteiger partial charge in [-0.1, -0.05) is 6.42 Å². The normalized spacial score (nSPS) is 48.3. The van der Waals surface area contributed by atoms with E-state index in [4.69, 9.17) is 9.47 Å². The van der Waals surface area contributed by atoms with Gasteiger partial charge in [0.25, 0.3) is 0 Å². The fraction of sp³-hybridized carbons (Fsp3) is 1.00. The van der Waals surface area contributed by atoms with E-state index in [2.05, 4.69) is 0 Å². The van der Waals surface area contributed by atoms with Crippen LogP contribution in [-0.2, 0) is 9.47 Å². The fourth-order valence-corrected chi connectivity index (χ4v) is 1.69. The molecule has 0 radical (unpaired) electrons. The Morgan fingerprint density at radius 2 is 2.44 bits per heavy atom. The Morgan fingerprint density at radius 3 is 3.00 bits per heavy atom. The molecule has 0 aromatic rings. The van der Waals surface area contributed by atoms with Crippen LogP contribution in [0.2, 0.25) is 0 Å². The lowest BCUT2D eigenvalue weighted by Crippen LogP contribution is -2.20. The Hall–Kier alpha value is -0.0800. The number of methoxy groups -OCH3 is 1. The molecule has 0 bridgehead atoms. The highest BCUT2D eigenvalue weighted by atomic mass is 16.8. The van der Waals surface area contributed by atoms with Crippen LogP contribution >= 0.6 is 0 Å². The molecular formula is C7H12O2. The molecule has 2 fully saturated rings. The predicted octanol–water partition coefficient (Wildman–Crippen LogP) is 1.30. The Morgan fingerprint density at radius 1 is 1.56 bits per heavy atom. The number of hydrogen-bond acceptors (Lipinski definition) is 2. The highest BCUT2D eigenvalue weighted by molar-refractivity contribution is 4.97. The molecule has 0 aromatic carbocycles. The summed E-state index contributed by atoms with van der Waals surface area (Å²) in [5.41, 5.74) is 0. The molecule has 2 atom stereocenters.